The summed E-state index contributed by atoms with van der Waals surface area (Å²) in [5, 5.41) is 0. The van der Waals surface area contributed by atoms with Gasteiger partial charge in [0.15, 0.2) is 18.3 Å². The number of rotatable bonds is 8. The second kappa shape index (κ2) is 12.4. The third-order valence-corrected chi connectivity index (χ3v) is 6.12. The second-order valence-electron chi connectivity index (χ2n) is 9.15. The molecule has 2 fully saturated rings. The van der Waals surface area contributed by atoms with Crippen molar-refractivity contribution in [2.45, 2.75) is 84.1 Å². The summed E-state index contributed by atoms with van der Waals surface area (Å²) >= 11 is 0. The molecule has 0 aromatic heterocycles. The molecule has 3 rings (SSSR count). The van der Waals surface area contributed by atoms with E-state index in [0.29, 0.717) is 12.0 Å². The maximum atomic E-state index is 12.0. The van der Waals surface area contributed by atoms with E-state index in [-0.39, 0.29) is 5.92 Å². The minimum absolute atomic E-state index is 0.309. The Morgan fingerprint density at radius 1 is 0.816 bits per heavy atom. The highest BCUT2D eigenvalue weighted by atomic mass is 16.8. The zero-order valence-corrected chi connectivity index (χ0v) is 21.8. The molecule has 0 aromatic carbocycles. The highest BCUT2D eigenvalue weighted by Crippen LogP contribution is 2.45. The third-order valence-electron chi connectivity index (χ3n) is 6.12. The van der Waals surface area contributed by atoms with Crippen molar-refractivity contribution in [3.63, 3.8) is 0 Å². The van der Waals surface area contributed by atoms with Gasteiger partial charge < -0.3 is 37.9 Å². The first kappa shape index (κ1) is 29.1. The Labute approximate surface area is 219 Å². The molecular formula is C25H32O13. The van der Waals surface area contributed by atoms with E-state index in [1.54, 1.807) is 6.08 Å². The summed E-state index contributed by atoms with van der Waals surface area (Å²) in [6.07, 6.45) is -4.68. The van der Waals surface area contributed by atoms with Crippen molar-refractivity contribution in [3.05, 3.63) is 24.5 Å². The minimum atomic E-state index is -1.42. The maximum Gasteiger partial charge on any atom is 0.303 e. The summed E-state index contributed by atoms with van der Waals surface area (Å²) in [6.45, 7) is 9.55. The Morgan fingerprint density at radius 2 is 1.39 bits per heavy atom. The molecule has 0 amide bonds. The third kappa shape index (κ3) is 7.10. The molecule has 2 unspecified atom stereocenters. The van der Waals surface area contributed by atoms with E-state index in [1.165, 1.54) is 20.1 Å². The summed E-state index contributed by atoms with van der Waals surface area (Å²) in [5.41, 5.74) is 0.696. The van der Waals surface area contributed by atoms with Crippen molar-refractivity contribution < 1.29 is 61.9 Å². The highest BCUT2D eigenvalue weighted by molar-refractivity contribution is 5.69. The lowest BCUT2D eigenvalue weighted by Crippen LogP contribution is -2.63. The Morgan fingerprint density at radius 3 is 1.97 bits per heavy atom. The highest BCUT2D eigenvalue weighted by Gasteiger charge is 2.55. The van der Waals surface area contributed by atoms with E-state index in [2.05, 4.69) is 6.58 Å². The number of carbonyl (C=O) groups is 5. The van der Waals surface area contributed by atoms with Gasteiger partial charge in [-0.2, -0.15) is 0 Å². The van der Waals surface area contributed by atoms with Crippen LogP contribution in [0.5, 0.6) is 0 Å². The van der Waals surface area contributed by atoms with Gasteiger partial charge in [0.25, 0.3) is 0 Å². The molecule has 13 nitrogen and oxygen atoms in total. The zero-order valence-electron chi connectivity index (χ0n) is 21.8. The first-order valence-electron chi connectivity index (χ1n) is 12.0. The van der Waals surface area contributed by atoms with Crippen molar-refractivity contribution >= 4 is 29.8 Å². The van der Waals surface area contributed by atoms with Crippen LogP contribution in [0.3, 0.4) is 0 Å². The van der Waals surface area contributed by atoms with Gasteiger partial charge in [-0.25, -0.2) is 0 Å². The molecular weight excluding hydrogens is 508 g/mol. The van der Waals surface area contributed by atoms with Crippen LogP contribution in [0.25, 0.3) is 0 Å². The van der Waals surface area contributed by atoms with Crippen LogP contribution in [0.2, 0.25) is 0 Å². The lowest BCUT2D eigenvalue weighted by atomic mass is 9.90. The van der Waals surface area contributed by atoms with Gasteiger partial charge in [0.2, 0.25) is 12.6 Å². The normalized spacial score (nSPS) is 33.8. The van der Waals surface area contributed by atoms with Crippen molar-refractivity contribution in [2.24, 2.45) is 11.8 Å². The van der Waals surface area contributed by atoms with Crippen LogP contribution >= 0.6 is 0 Å². The molecule has 0 aromatic rings. The molecule has 0 N–H and O–H groups in total. The minimum Gasteiger partial charge on any atom is -0.472 e. The SMILES string of the molecule is C=C1CC(OC(C)=O)[C@@H]2C=COC(O[C@@H]3O[C@H](COC(C)=O)[C@@H](OC(C)=O)[C@H](OC(C)=O)[C@H]3OC(C)=O)[C@H]12. The molecule has 0 radical (unpaired) electrons. The quantitative estimate of drug-likeness (QED) is 0.245. The standard InChI is InChI=1S/C25H32O13/c1-11-9-18(33-13(3)27)17-7-8-31-24(20(11)17)38-25-23(36-16(6)30)22(35-15(5)29)21(34-14(4)28)19(37-25)10-32-12(2)26/h7-8,17-25H,1,9-10H2,2-6H3/t17-,18?,19+,20+,21+,22-,23+,24?,25-/m0/s1. The van der Waals surface area contributed by atoms with Crippen molar-refractivity contribution in [1.82, 2.24) is 0 Å². The number of fused-ring (bicyclic) bond motifs is 1. The fourth-order valence-electron chi connectivity index (χ4n) is 4.83. The molecule has 0 spiro atoms. The Kier molecular flexibility index (Phi) is 9.50. The van der Waals surface area contributed by atoms with E-state index in [0.717, 1.165) is 20.8 Å². The van der Waals surface area contributed by atoms with E-state index < -0.39 is 85.5 Å². The topological polar surface area (TPSA) is 159 Å². The van der Waals surface area contributed by atoms with Crippen molar-refractivity contribution in [2.75, 3.05) is 6.61 Å². The molecule has 2 heterocycles. The Bertz CT molecular complexity index is 988. The summed E-state index contributed by atoms with van der Waals surface area (Å²) in [5.74, 6) is -4.12. The van der Waals surface area contributed by atoms with E-state index in [4.69, 9.17) is 37.9 Å². The Hall–Kier alpha value is -3.45. The van der Waals surface area contributed by atoms with Gasteiger partial charge in [-0.15, -0.1) is 0 Å². The smallest absolute Gasteiger partial charge is 0.303 e. The molecule has 1 aliphatic carbocycles. The van der Waals surface area contributed by atoms with Gasteiger partial charge in [0.05, 0.1) is 12.2 Å². The number of hydrogen-bond donors (Lipinski definition) is 0. The summed E-state index contributed by atoms with van der Waals surface area (Å²) in [6, 6.07) is 0. The lowest BCUT2D eigenvalue weighted by molar-refractivity contribution is -0.342. The second-order valence-corrected chi connectivity index (χ2v) is 9.15. The summed E-state index contributed by atoms with van der Waals surface area (Å²) < 4.78 is 44.5. The van der Waals surface area contributed by atoms with Crippen LogP contribution in [0.4, 0.5) is 0 Å². The van der Waals surface area contributed by atoms with E-state index in [9.17, 15) is 24.0 Å². The monoisotopic (exact) mass is 540 g/mol. The van der Waals surface area contributed by atoms with Gasteiger partial charge >= 0.3 is 29.8 Å². The number of ether oxygens (including phenoxy) is 8. The number of carbonyl (C=O) groups excluding carboxylic acids is 5. The molecule has 9 atom stereocenters. The van der Waals surface area contributed by atoms with Crippen LogP contribution in [-0.2, 0) is 61.9 Å². The molecule has 2 aliphatic heterocycles. The Balaban J connectivity index is 1.94. The predicted molar refractivity (Wildman–Crippen MR) is 123 cm³/mol. The van der Waals surface area contributed by atoms with Crippen molar-refractivity contribution in [3.8, 4) is 0 Å². The zero-order chi connectivity index (χ0) is 28.1. The molecule has 0 bridgehead atoms. The van der Waals surface area contributed by atoms with E-state index >= 15 is 0 Å². The first-order valence-corrected chi connectivity index (χ1v) is 12.0. The van der Waals surface area contributed by atoms with Crippen LogP contribution in [0, 0.1) is 11.8 Å². The summed E-state index contributed by atoms with van der Waals surface area (Å²) in [7, 11) is 0. The van der Waals surface area contributed by atoms with Gasteiger partial charge in [0, 0.05) is 47.0 Å². The van der Waals surface area contributed by atoms with Gasteiger partial charge in [0.1, 0.15) is 18.8 Å². The average Bonchev–Trinajstić information content (AvgIpc) is 3.11. The van der Waals surface area contributed by atoms with E-state index in [1.807, 2.05) is 0 Å². The lowest BCUT2D eigenvalue weighted by Gasteiger charge is -2.45. The van der Waals surface area contributed by atoms with Gasteiger partial charge in [-0.3, -0.25) is 24.0 Å². The molecule has 1 saturated carbocycles. The molecule has 13 heteroatoms. The molecule has 210 valence electrons. The molecule has 1 saturated heterocycles. The number of hydrogen-bond acceptors (Lipinski definition) is 13. The van der Waals surface area contributed by atoms with Gasteiger partial charge in [-0.1, -0.05) is 12.2 Å². The van der Waals surface area contributed by atoms with Gasteiger partial charge in [-0.05, 0) is 6.08 Å². The largest absolute Gasteiger partial charge is 0.472 e. The fraction of sp³-hybridized carbons (Fsp3) is 0.640. The predicted octanol–water partition coefficient (Wildman–Crippen LogP) is 1.08. The van der Waals surface area contributed by atoms with Crippen LogP contribution in [-0.4, -0.2) is 79.6 Å². The van der Waals surface area contributed by atoms with Crippen molar-refractivity contribution in [1.29, 1.82) is 0 Å². The number of esters is 5. The average molecular weight is 541 g/mol. The van der Waals surface area contributed by atoms with Crippen LogP contribution in [0.1, 0.15) is 41.0 Å². The fourth-order valence-corrected chi connectivity index (χ4v) is 4.83. The maximum absolute atomic E-state index is 12.0. The first-order chi connectivity index (χ1) is 17.9. The van der Waals surface area contributed by atoms with Crippen LogP contribution < -0.4 is 0 Å². The molecule has 38 heavy (non-hydrogen) atoms. The van der Waals surface area contributed by atoms with Crippen LogP contribution in [0.15, 0.2) is 24.5 Å². The summed E-state index contributed by atoms with van der Waals surface area (Å²) in [4.78, 5) is 59.0. The molecule has 3 aliphatic rings.